The first kappa shape index (κ1) is 25.3. The highest BCUT2D eigenvalue weighted by Gasteiger charge is 2.40. The number of hydrogen-bond acceptors (Lipinski definition) is 2. The van der Waals surface area contributed by atoms with Gasteiger partial charge in [-0.2, -0.15) is 0 Å². The molecule has 0 atom stereocenters. The van der Waals surface area contributed by atoms with E-state index in [1.807, 2.05) is 6.07 Å². The Hall–Kier alpha value is -6.00. The van der Waals surface area contributed by atoms with Gasteiger partial charge in [0.25, 0.3) is 0 Å². The predicted octanol–water partition coefficient (Wildman–Crippen LogP) is 9.39. The summed E-state index contributed by atoms with van der Waals surface area (Å²) < 4.78 is 15.9. The highest BCUT2D eigenvalue weighted by molar-refractivity contribution is 6.84. The molecule has 0 bridgehead atoms. The Morgan fingerprint density at radius 2 is 1.11 bits per heavy atom. The Bertz CT molecular complexity index is 2440. The summed E-state index contributed by atoms with van der Waals surface area (Å²) in [5.41, 5.74) is 12.5. The SMILES string of the molecule is c1ccc(-c2cccc(-c3ccc4c(c3)Oc3cccc5c3B4Oc3cc(-n4c6ccccc6c6ccccc64)ccc3-5)c2)cc1. The van der Waals surface area contributed by atoms with Gasteiger partial charge in [-0.3, -0.25) is 0 Å². The lowest BCUT2D eigenvalue weighted by molar-refractivity contribution is 0.479. The molecule has 7 aromatic carbocycles. The zero-order chi connectivity index (χ0) is 30.2. The summed E-state index contributed by atoms with van der Waals surface area (Å²) in [4.78, 5) is 0. The molecular formula is C42H26BNO2. The van der Waals surface area contributed by atoms with E-state index in [1.54, 1.807) is 0 Å². The van der Waals surface area contributed by atoms with Crippen LogP contribution in [0, 0.1) is 0 Å². The molecule has 3 heterocycles. The molecule has 0 saturated heterocycles. The normalized spacial score (nSPS) is 12.7. The molecule has 0 amide bonds. The molecule has 0 spiro atoms. The number of nitrogens with zero attached hydrogens (tertiary/aromatic N) is 1. The summed E-state index contributed by atoms with van der Waals surface area (Å²) in [6.45, 7) is -0.263. The fourth-order valence-electron chi connectivity index (χ4n) is 7.36. The molecule has 214 valence electrons. The van der Waals surface area contributed by atoms with Crippen molar-refractivity contribution in [3.05, 3.63) is 158 Å². The van der Waals surface area contributed by atoms with E-state index in [9.17, 15) is 0 Å². The highest BCUT2D eigenvalue weighted by atomic mass is 16.5. The monoisotopic (exact) mass is 587 g/mol. The fourth-order valence-corrected chi connectivity index (χ4v) is 7.36. The van der Waals surface area contributed by atoms with Crippen molar-refractivity contribution in [1.82, 2.24) is 4.57 Å². The third-order valence-corrected chi connectivity index (χ3v) is 9.49. The molecule has 1 aromatic heterocycles. The predicted molar refractivity (Wildman–Crippen MR) is 189 cm³/mol. The van der Waals surface area contributed by atoms with E-state index in [0.717, 1.165) is 56.1 Å². The van der Waals surface area contributed by atoms with Crippen LogP contribution in [0.1, 0.15) is 0 Å². The fraction of sp³-hybridized carbons (Fsp3) is 0. The Kier molecular flexibility index (Phi) is 5.37. The van der Waals surface area contributed by atoms with Crippen molar-refractivity contribution in [3.8, 4) is 56.3 Å². The van der Waals surface area contributed by atoms with Crippen LogP contribution in [0.3, 0.4) is 0 Å². The van der Waals surface area contributed by atoms with Crippen molar-refractivity contribution in [2.75, 3.05) is 0 Å². The van der Waals surface area contributed by atoms with Crippen LogP contribution < -0.4 is 20.3 Å². The lowest BCUT2D eigenvalue weighted by Crippen LogP contribution is -2.53. The minimum Gasteiger partial charge on any atom is -0.551 e. The topological polar surface area (TPSA) is 23.4 Å². The van der Waals surface area contributed by atoms with Gasteiger partial charge in [0.05, 0.1) is 11.0 Å². The van der Waals surface area contributed by atoms with Gasteiger partial charge in [-0.25, -0.2) is 0 Å². The molecule has 0 unspecified atom stereocenters. The molecule has 0 fully saturated rings. The van der Waals surface area contributed by atoms with E-state index < -0.39 is 0 Å². The number of aromatic nitrogens is 1. The van der Waals surface area contributed by atoms with Crippen LogP contribution >= 0.6 is 0 Å². The second-order valence-electron chi connectivity index (χ2n) is 12.1. The van der Waals surface area contributed by atoms with Crippen molar-refractivity contribution in [1.29, 1.82) is 0 Å². The minimum absolute atomic E-state index is 0.263. The van der Waals surface area contributed by atoms with Gasteiger partial charge in [-0.05, 0) is 70.3 Å². The van der Waals surface area contributed by atoms with E-state index >= 15 is 0 Å². The zero-order valence-electron chi connectivity index (χ0n) is 24.9. The minimum atomic E-state index is -0.263. The summed E-state index contributed by atoms with van der Waals surface area (Å²) in [7, 11) is 0. The van der Waals surface area contributed by atoms with E-state index in [4.69, 9.17) is 9.39 Å². The number of fused-ring (bicyclic) bond motifs is 7. The molecule has 2 aliphatic heterocycles. The molecule has 4 heteroatoms. The lowest BCUT2D eigenvalue weighted by atomic mass is 9.51. The van der Waals surface area contributed by atoms with Crippen LogP contribution in [-0.4, -0.2) is 11.5 Å². The number of rotatable bonds is 3. The van der Waals surface area contributed by atoms with Crippen LogP contribution in [0.5, 0.6) is 17.2 Å². The Morgan fingerprint density at radius 1 is 0.435 bits per heavy atom. The molecule has 2 aliphatic rings. The molecule has 8 aromatic rings. The average Bonchev–Trinajstić information content (AvgIpc) is 3.46. The summed E-state index contributed by atoms with van der Waals surface area (Å²) in [6, 6.07) is 55.8. The number of ether oxygens (including phenoxy) is 1. The first-order valence-electron chi connectivity index (χ1n) is 15.7. The van der Waals surface area contributed by atoms with Crippen molar-refractivity contribution in [2.24, 2.45) is 0 Å². The second-order valence-corrected chi connectivity index (χ2v) is 12.1. The third-order valence-electron chi connectivity index (χ3n) is 9.49. The molecular weight excluding hydrogens is 561 g/mol. The molecule has 0 N–H and O–H groups in total. The van der Waals surface area contributed by atoms with Gasteiger partial charge in [0.15, 0.2) is 0 Å². The van der Waals surface area contributed by atoms with Gasteiger partial charge in [-0.1, -0.05) is 109 Å². The van der Waals surface area contributed by atoms with Gasteiger partial charge in [0.2, 0.25) is 0 Å². The van der Waals surface area contributed by atoms with Gasteiger partial charge in [0, 0.05) is 39.0 Å². The van der Waals surface area contributed by atoms with Crippen molar-refractivity contribution < 1.29 is 9.39 Å². The molecule has 0 aliphatic carbocycles. The largest absolute Gasteiger partial charge is 0.551 e. The van der Waals surface area contributed by atoms with Crippen LogP contribution in [0.25, 0.3) is 60.9 Å². The van der Waals surface area contributed by atoms with Crippen molar-refractivity contribution in [3.63, 3.8) is 0 Å². The van der Waals surface area contributed by atoms with E-state index in [2.05, 4.69) is 156 Å². The molecule has 46 heavy (non-hydrogen) atoms. The summed E-state index contributed by atoms with van der Waals surface area (Å²) in [5.74, 6) is 2.56. The van der Waals surface area contributed by atoms with Gasteiger partial charge < -0.3 is 14.0 Å². The number of benzene rings is 7. The average molecular weight is 587 g/mol. The second kappa shape index (κ2) is 9.75. The van der Waals surface area contributed by atoms with Gasteiger partial charge in [-0.15, -0.1) is 0 Å². The van der Waals surface area contributed by atoms with Crippen LogP contribution in [0.15, 0.2) is 158 Å². The Labute approximate surface area is 267 Å². The summed E-state index contributed by atoms with van der Waals surface area (Å²) in [5, 5.41) is 2.49. The van der Waals surface area contributed by atoms with Crippen LogP contribution in [0.4, 0.5) is 0 Å². The maximum Gasteiger partial charge on any atom is 0.434 e. The molecule has 3 nitrogen and oxygen atoms in total. The smallest absolute Gasteiger partial charge is 0.434 e. The maximum atomic E-state index is 6.96. The first-order valence-corrected chi connectivity index (χ1v) is 15.7. The first-order chi connectivity index (χ1) is 22.8. The van der Waals surface area contributed by atoms with E-state index in [1.165, 1.54) is 32.9 Å². The van der Waals surface area contributed by atoms with Crippen molar-refractivity contribution in [2.45, 2.75) is 0 Å². The van der Waals surface area contributed by atoms with Crippen molar-refractivity contribution >= 4 is 39.6 Å². The molecule has 10 rings (SSSR count). The van der Waals surface area contributed by atoms with Crippen LogP contribution in [0.2, 0.25) is 0 Å². The number of para-hydroxylation sites is 2. The molecule has 0 saturated carbocycles. The third kappa shape index (κ3) is 3.74. The van der Waals surface area contributed by atoms with E-state index in [0.29, 0.717) is 0 Å². The lowest BCUT2D eigenvalue weighted by Gasteiger charge is -2.33. The zero-order valence-corrected chi connectivity index (χ0v) is 24.9. The highest BCUT2D eigenvalue weighted by Crippen LogP contribution is 2.42. The maximum absolute atomic E-state index is 6.96. The van der Waals surface area contributed by atoms with E-state index in [-0.39, 0.29) is 6.92 Å². The quantitative estimate of drug-likeness (QED) is 0.192. The Balaban J connectivity index is 1.08. The van der Waals surface area contributed by atoms with Gasteiger partial charge in [0.1, 0.15) is 17.2 Å². The molecule has 0 radical (unpaired) electrons. The number of hydrogen-bond donors (Lipinski definition) is 0. The standard InChI is InChI=1S/C42H26BNO2/c1-2-10-27(11-3-1)28-12-8-13-29(24-28)30-20-23-36-41(25-30)45-39-19-9-16-35-34-22-21-31(26-40(34)46-43(36)42(35)39)44-37-17-6-4-14-32(37)33-15-5-7-18-38(33)44/h1-26H. The van der Waals surface area contributed by atoms with Crippen LogP contribution in [-0.2, 0) is 0 Å². The Morgan fingerprint density at radius 3 is 1.91 bits per heavy atom. The summed E-state index contributed by atoms with van der Waals surface area (Å²) >= 11 is 0. The summed E-state index contributed by atoms with van der Waals surface area (Å²) in [6.07, 6.45) is 0. The van der Waals surface area contributed by atoms with Gasteiger partial charge >= 0.3 is 6.92 Å².